The fourth-order valence-electron chi connectivity index (χ4n) is 3.70. The average molecular weight is 431 g/mol. The van der Waals surface area contributed by atoms with Crippen LogP contribution in [0.1, 0.15) is 56.2 Å². The van der Waals surface area contributed by atoms with Crippen molar-refractivity contribution < 1.29 is 14.0 Å². The number of fused-ring (bicyclic) bond motifs is 1. The van der Waals surface area contributed by atoms with Crippen molar-refractivity contribution in [2.24, 2.45) is 0 Å². The van der Waals surface area contributed by atoms with Gasteiger partial charge in [0.1, 0.15) is 23.5 Å². The van der Waals surface area contributed by atoms with Gasteiger partial charge in [-0.3, -0.25) is 4.79 Å². The van der Waals surface area contributed by atoms with E-state index in [2.05, 4.69) is 30.7 Å². The maximum Gasteiger partial charge on any atom is 0.315 e. The molecule has 168 valence electrons. The van der Waals surface area contributed by atoms with Crippen LogP contribution in [-0.2, 0) is 30.7 Å². The summed E-state index contributed by atoms with van der Waals surface area (Å²) in [5.74, 6) is 1.39. The molecule has 8 nitrogen and oxygen atoms in total. The zero-order chi connectivity index (χ0) is 22.1. The van der Waals surface area contributed by atoms with E-state index >= 15 is 0 Å². The molecule has 0 spiro atoms. The minimum Gasteiger partial charge on any atom is -0.354 e. The number of hydrogen-bond donors (Lipinski definition) is 3. The van der Waals surface area contributed by atoms with Gasteiger partial charge in [0.25, 0.3) is 0 Å². The number of halogens is 1. The number of hydrogen-bond acceptors (Lipinski definition) is 4. The molecule has 1 aromatic heterocycles. The van der Waals surface area contributed by atoms with Gasteiger partial charge in [-0.1, -0.05) is 31.9 Å². The molecule has 2 aromatic rings. The lowest BCUT2D eigenvalue weighted by atomic mass is 10.1. The maximum absolute atomic E-state index is 13.0. The van der Waals surface area contributed by atoms with Gasteiger partial charge in [0.15, 0.2) is 0 Å². The van der Waals surface area contributed by atoms with Crippen LogP contribution in [0, 0.1) is 5.82 Å². The quantitative estimate of drug-likeness (QED) is 0.569. The van der Waals surface area contributed by atoms with Crippen LogP contribution < -0.4 is 16.0 Å². The number of carbonyl (C=O) groups excluding carboxylic acids is 2. The van der Waals surface area contributed by atoms with Crippen LogP contribution in [0.15, 0.2) is 24.3 Å². The largest absolute Gasteiger partial charge is 0.354 e. The van der Waals surface area contributed by atoms with Gasteiger partial charge in [-0.15, -0.1) is 10.2 Å². The zero-order valence-electron chi connectivity index (χ0n) is 18.0. The summed E-state index contributed by atoms with van der Waals surface area (Å²) >= 11 is 0. The second-order valence-electron chi connectivity index (χ2n) is 7.83. The molecular formula is C22H31FN6O2. The summed E-state index contributed by atoms with van der Waals surface area (Å²) in [6, 6.07) is 4.86. The van der Waals surface area contributed by atoms with E-state index in [9.17, 15) is 14.0 Å². The van der Waals surface area contributed by atoms with E-state index in [-0.39, 0.29) is 18.3 Å². The molecule has 1 unspecified atom stereocenters. The highest BCUT2D eigenvalue weighted by atomic mass is 19.1. The smallest absolute Gasteiger partial charge is 0.315 e. The van der Waals surface area contributed by atoms with Gasteiger partial charge in [0.2, 0.25) is 5.91 Å². The summed E-state index contributed by atoms with van der Waals surface area (Å²) in [4.78, 5) is 24.8. The molecule has 0 radical (unpaired) electrons. The number of aryl methyl sites for hydroxylation is 1. The molecule has 9 heteroatoms. The van der Waals surface area contributed by atoms with Gasteiger partial charge in [0, 0.05) is 32.5 Å². The van der Waals surface area contributed by atoms with Crippen molar-refractivity contribution in [3.8, 4) is 0 Å². The van der Waals surface area contributed by atoms with Crippen LogP contribution in [0.5, 0.6) is 0 Å². The summed E-state index contributed by atoms with van der Waals surface area (Å²) in [6.45, 7) is 3.59. The van der Waals surface area contributed by atoms with Crippen molar-refractivity contribution in [1.82, 2.24) is 30.7 Å². The number of benzene rings is 1. The van der Waals surface area contributed by atoms with Gasteiger partial charge >= 0.3 is 6.03 Å². The molecule has 0 saturated carbocycles. The topological polar surface area (TPSA) is 101 Å². The Kier molecular flexibility index (Phi) is 8.37. The van der Waals surface area contributed by atoms with Crippen LogP contribution in [0.25, 0.3) is 0 Å². The Balaban J connectivity index is 1.45. The van der Waals surface area contributed by atoms with E-state index in [0.29, 0.717) is 19.4 Å². The number of urea groups is 1. The van der Waals surface area contributed by atoms with Gasteiger partial charge in [0.05, 0.1) is 0 Å². The molecule has 2 heterocycles. The lowest BCUT2D eigenvalue weighted by Gasteiger charge is -2.18. The molecule has 3 rings (SSSR count). The predicted molar refractivity (Wildman–Crippen MR) is 115 cm³/mol. The third-order valence-corrected chi connectivity index (χ3v) is 5.40. The van der Waals surface area contributed by atoms with E-state index in [1.54, 1.807) is 12.1 Å². The van der Waals surface area contributed by atoms with E-state index < -0.39 is 12.1 Å². The van der Waals surface area contributed by atoms with Crippen molar-refractivity contribution in [3.05, 3.63) is 47.3 Å². The number of aromatic nitrogens is 3. The second-order valence-corrected chi connectivity index (χ2v) is 7.83. The first-order valence-electron chi connectivity index (χ1n) is 11.0. The predicted octanol–water partition coefficient (Wildman–Crippen LogP) is 2.47. The molecule has 3 amide bonds. The molecule has 31 heavy (non-hydrogen) atoms. The van der Waals surface area contributed by atoms with Crippen molar-refractivity contribution >= 4 is 11.9 Å². The Hall–Kier alpha value is -2.97. The Bertz CT molecular complexity index is 867. The van der Waals surface area contributed by atoms with Crippen LogP contribution in [0.4, 0.5) is 9.18 Å². The summed E-state index contributed by atoms with van der Waals surface area (Å²) < 4.78 is 15.1. The van der Waals surface area contributed by atoms with Crippen LogP contribution in [-0.4, -0.2) is 39.3 Å². The average Bonchev–Trinajstić information content (AvgIpc) is 2.99. The Morgan fingerprint density at radius 3 is 2.71 bits per heavy atom. The van der Waals surface area contributed by atoms with E-state index in [1.165, 1.54) is 18.6 Å². The fourth-order valence-corrected chi connectivity index (χ4v) is 3.70. The highest BCUT2D eigenvalue weighted by molar-refractivity contribution is 5.86. The Morgan fingerprint density at radius 1 is 1.13 bits per heavy atom. The minimum absolute atomic E-state index is 0.214. The molecule has 1 atom stereocenters. The summed E-state index contributed by atoms with van der Waals surface area (Å²) in [6.07, 6.45) is 6.32. The fraction of sp³-hybridized carbons (Fsp3) is 0.545. The molecule has 0 aliphatic carbocycles. The SMILES string of the molecule is CCCC(NC(=O)NCc1ccc(F)cc1)C(=O)NCCc1nnc2n1CCCCC2. The third-order valence-electron chi connectivity index (χ3n) is 5.40. The van der Waals surface area contributed by atoms with Crippen molar-refractivity contribution in [3.63, 3.8) is 0 Å². The zero-order valence-corrected chi connectivity index (χ0v) is 18.0. The van der Waals surface area contributed by atoms with Gasteiger partial charge in [-0.2, -0.15) is 0 Å². The first kappa shape index (κ1) is 22.7. The number of nitrogens with zero attached hydrogens (tertiary/aromatic N) is 3. The molecular weight excluding hydrogens is 399 g/mol. The minimum atomic E-state index is -0.617. The van der Waals surface area contributed by atoms with Crippen molar-refractivity contribution in [1.29, 1.82) is 0 Å². The third kappa shape index (κ3) is 6.77. The molecule has 0 bridgehead atoms. The summed E-state index contributed by atoms with van der Waals surface area (Å²) in [7, 11) is 0. The highest BCUT2D eigenvalue weighted by Crippen LogP contribution is 2.14. The van der Waals surface area contributed by atoms with Crippen molar-refractivity contribution in [2.45, 2.75) is 71.0 Å². The molecule has 1 aliphatic rings. The van der Waals surface area contributed by atoms with E-state index in [0.717, 1.165) is 49.4 Å². The van der Waals surface area contributed by atoms with Crippen LogP contribution >= 0.6 is 0 Å². The lowest BCUT2D eigenvalue weighted by Crippen LogP contribution is -2.50. The van der Waals surface area contributed by atoms with Crippen LogP contribution in [0.2, 0.25) is 0 Å². The second kappa shape index (κ2) is 11.4. The Morgan fingerprint density at radius 2 is 1.94 bits per heavy atom. The van der Waals surface area contributed by atoms with Gasteiger partial charge < -0.3 is 20.5 Å². The highest BCUT2D eigenvalue weighted by Gasteiger charge is 2.20. The molecule has 1 aromatic carbocycles. The van der Waals surface area contributed by atoms with Crippen molar-refractivity contribution in [2.75, 3.05) is 6.54 Å². The first-order valence-corrected chi connectivity index (χ1v) is 11.0. The number of carbonyl (C=O) groups is 2. The van der Waals surface area contributed by atoms with Gasteiger partial charge in [-0.25, -0.2) is 9.18 Å². The molecule has 0 fully saturated rings. The lowest BCUT2D eigenvalue weighted by molar-refractivity contribution is -0.123. The normalized spacial score (nSPS) is 14.3. The van der Waals surface area contributed by atoms with E-state index in [1.807, 2.05) is 6.92 Å². The number of rotatable bonds is 9. The number of nitrogens with one attached hydrogen (secondary N) is 3. The maximum atomic E-state index is 13.0. The Labute approximate surface area is 182 Å². The molecule has 1 aliphatic heterocycles. The van der Waals surface area contributed by atoms with Gasteiger partial charge in [-0.05, 0) is 37.0 Å². The van der Waals surface area contributed by atoms with E-state index in [4.69, 9.17) is 0 Å². The first-order chi connectivity index (χ1) is 15.1. The summed E-state index contributed by atoms with van der Waals surface area (Å²) in [5, 5.41) is 16.9. The van der Waals surface area contributed by atoms with Crippen LogP contribution in [0.3, 0.4) is 0 Å². The molecule has 0 saturated heterocycles. The summed E-state index contributed by atoms with van der Waals surface area (Å²) in [5.41, 5.74) is 0.778. The monoisotopic (exact) mass is 430 g/mol. The molecule has 3 N–H and O–H groups in total. The standard InChI is InChI=1S/C22H31FN6O2/c1-2-6-18(26-22(31)25-15-16-8-10-17(23)11-9-16)21(30)24-13-12-20-28-27-19-7-4-3-5-14-29(19)20/h8-11,18H,2-7,12-15H2,1H3,(H,24,30)(H2,25,26,31). The number of amides is 3.